The second-order valence-corrected chi connectivity index (χ2v) is 4.17. The third-order valence-electron chi connectivity index (χ3n) is 2.48. The Labute approximate surface area is 90.4 Å². The third kappa shape index (κ3) is 4.15. The highest BCUT2D eigenvalue weighted by Crippen LogP contribution is 2.13. The molecule has 88 valence electrons. The van der Waals surface area contributed by atoms with E-state index in [9.17, 15) is 4.79 Å². The Balaban J connectivity index is 2.09. The van der Waals surface area contributed by atoms with Crippen molar-refractivity contribution in [3.8, 4) is 0 Å². The number of hydrogen-bond acceptors (Lipinski definition) is 4. The maximum atomic E-state index is 11.5. The van der Waals surface area contributed by atoms with Crippen molar-refractivity contribution in [3.05, 3.63) is 0 Å². The molecule has 5 heteroatoms. The number of nitrogens with zero attached hydrogens (tertiary/aromatic N) is 1. The number of rotatable bonds is 6. The van der Waals surface area contributed by atoms with Crippen molar-refractivity contribution >= 4 is 5.91 Å². The van der Waals surface area contributed by atoms with Gasteiger partial charge in [0.05, 0.1) is 13.2 Å². The van der Waals surface area contributed by atoms with Gasteiger partial charge in [0.25, 0.3) is 0 Å². The van der Waals surface area contributed by atoms with E-state index in [2.05, 4.69) is 5.32 Å². The molecule has 1 amide bonds. The zero-order valence-electron chi connectivity index (χ0n) is 9.40. The summed E-state index contributed by atoms with van der Waals surface area (Å²) in [5, 5.41) is 11.7. The number of aliphatic hydroxyl groups excluding tert-OH is 1. The molecule has 0 aromatic rings. The molecule has 15 heavy (non-hydrogen) atoms. The van der Waals surface area contributed by atoms with Crippen LogP contribution in [-0.4, -0.2) is 61.9 Å². The Morgan fingerprint density at radius 2 is 2.33 bits per heavy atom. The summed E-state index contributed by atoms with van der Waals surface area (Å²) in [4.78, 5) is 13.5. The highest BCUT2D eigenvalue weighted by atomic mass is 16.5. The van der Waals surface area contributed by atoms with Gasteiger partial charge in [-0.05, 0) is 6.92 Å². The summed E-state index contributed by atoms with van der Waals surface area (Å²) in [6, 6.07) is 0.0532. The standard InChI is InChI=1S/C10H20N2O3/c1-8(7-15-2)11-10(14)5-12-3-9(4-12)6-13/h8-9,13H,3-7H2,1-2H3,(H,11,14). The molecule has 0 aromatic carbocycles. The number of hydrogen-bond donors (Lipinski definition) is 2. The van der Waals surface area contributed by atoms with Crippen LogP contribution in [0.15, 0.2) is 0 Å². The van der Waals surface area contributed by atoms with Crippen LogP contribution in [0, 0.1) is 5.92 Å². The molecule has 0 saturated carbocycles. The van der Waals surface area contributed by atoms with Gasteiger partial charge >= 0.3 is 0 Å². The smallest absolute Gasteiger partial charge is 0.234 e. The first-order valence-electron chi connectivity index (χ1n) is 5.27. The van der Waals surface area contributed by atoms with Gasteiger partial charge in [0, 0.05) is 38.8 Å². The van der Waals surface area contributed by atoms with E-state index < -0.39 is 0 Å². The van der Waals surface area contributed by atoms with Crippen LogP contribution >= 0.6 is 0 Å². The average Bonchev–Trinajstić information content (AvgIpc) is 2.10. The molecule has 0 bridgehead atoms. The molecule has 0 radical (unpaired) electrons. The van der Waals surface area contributed by atoms with E-state index in [0.29, 0.717) is 19.1 Å². The van der Waals surface area contributed by atoms with E-state index in [1.807, 2.05) is 11.8 Å². The SMILES string of the molecule is COCC(C)NC(=O)CN1CC(CO)C1. The fourth-order valence-electron chi connectivity index (χ4n) is 1.74. The molecule has 5 nitrogen and oxygen atoms in total. The molecule has 1 unspecified atom stereocenters. The number of methoxy groups -OCH3 is 1. The zero-order chi connectivity index (χ0) is 11.3. The fraction of sp³-hybridized carbons (Fsp3) is 0.900. The van der Waals surface area contributed by atoms with Gasteiger partial charge in [-0.3, -0.25) is 9.69 Å². The molecule has 1 heterocycles. The second-order valence-electron chi connectivity index (χ2n) is 4.17. The molecule has 1 aliphatic heterocycles. The minimum absolute atomic E-state index is 0.0240. The minimum atomic E-state index is 0.0240. The van der Waals surface area contributed by atoms with Crippen LogP contribution in [0.2, 0.25) is 0 Å². The van der Waals surface area contributed by atoms with Gasteiger partial charge in [0.2, 0.25) is 5.91 Å². The van der Waals surface area contributed by atoms with Crippen LogP contribution in [0.5, 0.6) is 0 Å². The van der Waals surface area contributed by atoms with E-state index in [4.69, 9.17) is 9.84 Å². The molecule has 1 fully saturated rings. The Hall–Kier alpha value is -0.650. The molecule has 1 saturated heterocycles. The van der Waals surface area contributed by atoms with Crippen LogP contribution in [0.25, 0.3) is 0 Å². The van der Waals surface area contributed by atoms with Gasteiger partial charge in [0.1, 0.15) is 0 Å². The van der Waals surface area contributed by atoms with Crippen molar-refractivity contribution in [2.24, 2.45) is 5.92 Å². The topological polar surface area (TPSA) is 61.8 Å². The van der Waals surface area contributed by atoms with Crippen molar-refractivity contribution in [1.82, 2.24) is 10.2 Å². The number of carbonyl (C=O) groups excluding carboxylic acids is 1. The maximum Gasteiger partial charge on any atom is 0.234 e. The summed E-state index contributed by atoms with van der Waals surface area (Å²) in [6.45, 7) is 4.73. The summed E-state index contributed by atoms with van der Waals surface area (Å²) < 4.78 is 4.92. The van der Waals surface area contributed by atoms with Crippen molar-refractivity contribution in [1.29, 1.82) is 0 Å². The molecule has 1 aliphatic rings. The molecule has 0 spiro atoms. The highest BCUT2D eigenvalue weighted by Gasteiger charge is 2.27. The van der Waals surface area contributed by atoms with E-state index >= 15 is 0 Å². The van der Waals surface area contributed by atoms with Crippen molar-refractivity contribution in [2.45, 2.75) is 13.0 Å². The number of ether oxygens (including phenoxy) is 1. The van der Waals surface area contributed by atoms with Crippen LogP contribution in [0.1, 0.15) is 6.92 Å². The Bertz CT molecular complexity index is 205. The Morgan fingerprint density at radius 1 is 1.67 bits per heavy atom. The second kappa shape index (κ2) is 6.05. The lowest BCUT2D eigenvalue weighted by Gasteiger charge is -2.37. The summed E-state index contributed by atoms with van der Waals surface area (Å²) in [5.41, 5.74) is 0. The molecule has 1 rings (SSSR count). The van der Waals surface area contributed by atoms with Gasteiger partial charge in [-0.2, -0.15) is 0 Å². The molecular weight excluding hydrogens is 196 g/mol. The first-order valence-corrected chi connectivity index (χ1v) is 5.27. The largest absolute Gasteiger partial charge is 0.396 e. The van der Waals surface area contributed by atoms with E-state index in [1.165, 1.54) is 0 Å². The normalized spacial score (nSPS) is 19.7. The summed E-state index contributed by atoms with van der Waals surface area (Å²) >= 11 is 0. The zero-order valence-corrected chi connectivity index (χ0v) is 9.40. The number of likely N-dealkylation sites (tertiary alicyclic amines) is 1. The van der Waals surface area contributed by atoms with Crippen LogP contribution in [-0.2, 0) is 9.53 Å². The lowest BCUT2D eigenvalue weighted by Crippen LogP contribution is -2.53. The molecule has 0 aliphatic carbocycles. The van der Waals surface area contributed by atoms with Crippen molar-refractivity contribution in [2.75, 3.05) is 40.0 Å². The van der Waals surface area contributed by atoms with E-state index in [1.54, 1.807) is 7.11 Å². The van der Waals surface area contributed by atoms with Crippen LogP contribution in [0.4, 0.5) is 0 Å². The van der Waals surface area contributed by atoms with Crippen molar-refractivity contribution < 1.29 is 14.6 Å². The molecule has 2 N–H and O–H groups in total. The first-order chi connectivity index (χ1) is 7.15. The number of carbonyl (C=O) groups is 1. The highest BCUT2D eigenvalue weighted by molar-refractivity contribution is 5.78. The van der Waals surface area contributed by atoms with Crippen LogP contribution in [0.3, 0.4) is 0 Å². The van der Waals surface area contributed by atoms with E-state index in [-0.39, 0.29) is 18.6 Å². The van der Waals surface area contributed by atoms with Gasteiger partial charge in [-0.15, -0.1) is 0 Å². The predicted molar refractivity (Wildman–Crippen MR) is 56.5 cm³/mol. The average molecular weight is 216 g/mol. The first kappa shape index (κ1) is 12.4. The lowest BCUT2D eigenvalue weighted by molar-refractivity contribution is -0.125. The van der Waals surface area contributed by atoms with Gasteiger partial charge in [-0.25, -0.2) is 0 Å². The van der Waals surface area contributed by atoms with Gasteiger partial charge < -0.3 is 15.2 Å². The summed E-state index contributed by atoms with van der Waals surface area (Å²) in [5.74, 6) is 0.380. The quantitative estimate of drug-likeness (QED) is 0.601. The third-order valence-corrected chi connectivity index (χ3v) is 2.48. The Kier molecular flexibility index (Phi) is 5.01. The molecule has 1 atom stereocenters. The Morgan fingerprint density at radius 3 is 2.87 bits per heavy atom. The van der Waals surface area contributed by atoms with E-state index in [0.717, 1.165) is 13.1 Å². The summed E-state index contributed by atoms with van der Waals surface area (Å²) in [7, 11) is 1.62. The predicted octanol–water partition coefficient (Wildman–Crippen LogP) is -0.938. The number of nitrogens with one attached hydrogen (secondary N) is 1. The lowest BCUT2D eigenvalue weighted by atomic mass is 10.0. The molecular formula is C10H20N2O3. The van der Waals surface area contributed by atoms with Gasteiger partial charge in [0.15, 0.2) is 0 Å². The monoisotopic (exact) mass is 216 g/mol. The van der Waals surface area contributed by atoms with Crippen LogP contribution < -0.4 is 5.32 Å². The minimum Gasteiger partial charge on any atom is -0.396 e. The van der Waals surface area contributed by atoms with Crippen molar-refractivity contribution in [3.63, 3.8) is 0 Å². The number of amides is 1. The summed E-state index contributed by atoms with van der Waals surface area (Å²) in [6.07, 6.45) is 0. The maximum absolute atomic E-state index is 11.5. The fourth-order valence-corrected chi connectivity index (χ4v) is 1.74. The van der Waals surface area contributed by atoms with Gasteiger partial charge in [-0.1, -0.05) is 0 Å². The number of aliphatic hydroxyl groups is 1. The molecule has 0 aromatic heterocycles.